The molecule has 1 nitrogen and oxygen atoms in total. The molecule has 0 radical (unpaired) electrons. The predicted octanol–water partition coefficient (Wildman–Crippen LogP) is 6.11. The molecule has 1 heterocycles. The van der Waals surface area contributed by atoms with Crippen LogP contribution in [0.2, 0.25) is 0 Å². The SMILES string of the molecule is CC(=Cc1ccc2c(c1)C1CCCCCC1N2C)c1ccccc1. The Labute approximate surface area is 146 Å². The highest BCUT2D eigenvalue weighted by molar-refractivity contribution is 5.81. The number of rotatable bonds is 2. The molecule has 0 bridgehead atoms. The Morgan fingerprint density at radius 3 is 2.62 bits per heavy atom. The van der Waals surface area contributed by atoms with E-state index in [1.54, 1.807) is 5.56 Å². The third-order valence-corrected chi connectivity index (χ3v) is 5.92. The molecule has 2 atom stereocenters. The van der Waals surface area contributed by atoms with E-state index in [9.17, 15) is 0 Å². The fraction of sp³-hybridized carbons (Fsp3) is 0.391. The van der Waals surface area contributed by atoms with Gasteiger partial charge in [0.25, 0.3) is 0 Å². The first-order chi connectivity index (χ1) is 11.7. The van der Waals surface area contributed by atoms with Crippen molar-refractivity contribution in [2.24, 2.45) is 0 Å². The second kappa shape index (κ2) is 6.47. The van der Waals surface area contributed by atoms with Gasteiger partial charge in [-0.1, -0.05) is 61.7 Å². The zero-order valence-corrected chi connectivity index (χ0v) is 14.8. The average Bonchev–Trinajstić information content (AvgIpc) is 2.79. The monoisotopic (exact) mass is 317 g/mol. The van der Waals surface area contributed by atoms with Gasteiger partial charge in [0.05, 0.1) is 0 Å². The molecule has 4 rings (SSSR count). The van der Waals surface area contributed by atoms with Crippen LogP contribution >= 0.6 is 0 Å². The lowest BCUT2D eigenvalue weighted by Crippen LogP contribution is -2.29. The zero-order valence-electron chi connectivity index (χ0n) is 14.8. The van der Waals surface area contributed by atoms with Gasteiger partial charge >= 0.3 is 0 Å². The van der Waals surface area contributed by atoms with Crippen molar-refractivity contribution in [1.29, 1.82) is 0 Å². The Hall–Kier alpha value is -2.02. The van der Waals surface area contributed by atoms with Gasteiger partial charge < -0.3 is 4.90 Å². The van der Waals surface area contributed by atoms with E-state index in [1.807, 2.05) is 0 Å². The Balaban J connectivity index is 1.68. The van der Waals surface area contributed by atoms with Crippen molar-refractivity contribution < 1.29 is 0 Å². The first-order valence-corrected chi connectivity index (χ1v) is 9.34. The average molecular weight is 317 g/mol. The molecule has 1 heteroatoms. The molecule has 2 unspecified atom stereocenters. The maximum absolute atomic E-state index is 2.54. The summed E-state index contributed by atoms with van der Waals surface area (Å²) in [4.78, 5) is 2.54. The maximum atomic E-state index is 2.54. The largest absolute Gasteiger partial charge is 0.371 e. The van der Waals surface area contributed by atoms with Crippen LogP contribution in [-0.2, 0) is 0 Å². The van der Waals surface area contributed by atoms with Crippen LogP contribution < -0.4 is 4.90 Å². The van der Waals surface area contributed by atoms with Crippen LogP contribution in [-0.4, -0.2) is 13.1 Å². The highest BCUT2D eigenvalue weighted by Crippen LogP contribution is 2.46. The summed E-state index contributed by atoms with van der Waals surface area (Å²) in [7, 11) is 2.29. The number of anilines is 1. The summed E-state index contributed by atoms with van der Waals surface area (Å²) in [6.45, 7) is 2.21. The molecule has 2 aliphatic rings. The number of nitrogens with zero attached hydrogens (tertiary/aromatic N) is 1. The maximum Gasteiger partial charge on any atom is 0.0402 e. The smallest absolute Gasteiger partial charge is 0.0402 e. The molecule has 0 amide bonds. The van der Waals surface area contributed by atoms with Crippen molar-refractivity contribution in [2.45, 2.75) is 51.0 Å². The van der Waals surface area contributed by atoms with Gasteiger partial charge in [0, 0.05) is 24.7 Å². The molecule has 2 aromatic carbocycles. The third-order valence-electron chi connectivity index (χ3n) is 5.92. The molecule has 0 spiro atoms. The molecule has 124 valence electrons. The molecule has 0 saturated heterocycles. The highest BCUT2D eigenvalue weighted by atomic mass is 15.2. The molecule has 1 fully saturated rings. The minimum Gasteiger partial charge on any atom is -0.371 e. The van der Waals surface area contributed by atoms with Gasteiger partial charge in [0.1, 0.15) is 0 Å². The van der Waals surface area contributed by atoms with Gasteiger partial charge in [-0.3, -0.25) is 0 Å². The second-order valence-corrected chi connectivity index (χ2v) is 7.43. The molecule has 1 aliphatic carbocycles. The Morgan fingerprint density at radius 1 is 1.00 bits per heavy atom. The van der Waals surface area contributed by atoms with E-state index in [2.05, 4.69) is 73.5 Å². The number of likely N-dealkylation sites (N-methyl/N-ethyl adjacent to an activating group) is 1. The van der Waals surface area contributed by atoms with Crippen molar-refractivity contribution in [1.82, 2.24) is 0 Å². The number of allylic oxidation sites excluding steroid dienone is 1. The molecule has 24 heavy (non-hydrogen) atoms. The highest BCUT2D eigenvalue weighted by Gasteiger charge is 2.36. The summed E-state index contributed by atoms with van der Waals surface area (Å²) in [5, 5.41) is 0. The fourth-order valence-corrected chi connectivity index (χ4v) is 4.61. The zero-order chi connectivity index (χ0) is 16.5. The Morgan fingerprint density at radius 2 is 1.79 bits per heavy atom. The van der Waals surface area contributed by atoms with Crippen LogP contribution in [0.3, 0.4) is 0 Å². The van der Waals surface area contributed by atoms with Gasteiger partial charge in [-0.25, -0.2) is 0 Å². The topological polar surface area (TPSA) is 3.24 Å². The summed E-state index contributed by atoms with van der Waals surface area (Å²) >= 11 is 0. The summed E-state index contributed by atoms with van der Waals surface area (Å²) in [6.07, 6.45) is 9.22. The first-order valence-electron chi connectivity index (χ1n) is 9.34. The summed E-state index contributed by atoms with van der Waals surface area (Å²) in [5.74, 6) is 0.734. The lowest BCUT2D eigenvalue weighted by atomic mass is 9.90. The number of hydrogen-bond acceptors (Lipinski definition) is 1. The molecule has 2 aromatic rings. The standard InChI is InChI=1S/C23H27N/c1-17(19-9-5-3-6-10-19)15-18-13-14-23-21(16-18)20-11-7-4-8-12-22(20)24(23)2/h3,5-6,9-10,13-16,20,22H,4,7-8,11-12H2,1-2H3. The summed E-state index contributed by atoms with van der Waals surface area (Å²) < 4.78 is 0. The molecule has 0 aromatic heterocycles. The van der Waals surface area contributed by atoms with Crippen molar-refractivity contribution in [3.63, 3.8) is 0 Å². The van der Waals surface area contributed by atoms with Gasteiger partial charge in [0.15, 0.2) is 0 Å². The van der Waals surface area contributed by atoms with E-state index in [0.717, 1.165) is 12.0 Å². The molecule has 1 aliphatic heterocycles. The van der Waals surface area contributed by atoms with Crippen molar-refractivity contribution >= 4 is 17.3 Å². The number of fused-ring (bicyclic) bond motifs is 3. The summed E-state index contributed by atoms with van der Waals surface area (Å²) in [6, 6.07) is 18.5. The van der Waals surface area contributed by atoms with Crippen LogP contribution in [0.1, 0.15) is 61.6 Å². The van der Waals surface area contributed by atoms with Crippen LogP contribution in [0.4, 0.5) is 5.69 Å². The van der Waals surface area contributed by atoms with E-state index < -0.39 is 0 Å². The Bertz CT molecular complexity index is 744. The van der Waals surface area contributed by atoms with E-state index in [0.29, 0.717) is 0 Å². The lowest BCUT2D eigenvalue weighted by molar-refractivity contribution is 0.518. The van der Waals surface area contributed by atoms with Gasteiger partial charge in [-0.2, -0.15) is 0 Å². The number of hydrogen-bond donors (Lipinski definition) is 0. The second-order valence-electron chi connectivity index (χ2n) is 7.43. The van der Waals surface area contributed by atoms with Crippen molar-refractivity contribution in [2.75, 3.05) is 11.9 Å². The van der Waals surface area contributed by atoms with Crippen LogP contribution in [0.5, 0.6) is 0 Å². The van der Waals surface area contributed by atoms with Crippen molar-refractivity contribution in [3.05, 3.63) is 65.2 Å². The van der Waals surface area contributed by atoms with E-state index in [-0.39, 0.29) is 0 Å². The van der Waals surface area contributed by atoms with Crippen LogP contribution in [0.15, 0.2) is 48.5 Å². The van der Waals surface area contributed by atoms with E-state index >= 15 is 0 Å². The van der Waals surface area contributed by atoms with E-state index in [1.165, 1.54) is 54.5 Å². The van der Waals surface area contributed by atoms with Gasteiger partial charge in [-0.05, 0) is 54.2 Å². The van der Waals surface area contributed by atoms with E-state index in [4.69, 9.17) is 0 Å². The van der Waals surface area contributed by atoms with Crippen LogP contribution in [0, 0.1) is 0 Å². The molecule has 0 N–H and O–H groups in total. The molecular formula is C23H27N. The van der Waals surface area contributed by atoms with Crippen molar-refractivity contribution in [3.8, 4) is 0 Å². The fourth-order valence-electron chi connectivity index (χ4n) is 4.61. The summed E-state index contributed by atoms with van der Waals surface area (Å²) in [5.41, 5.74) is 7.02. The number of benzene rings is 2. The minimum atomic E-state index is 0.719. The molecule has 1 saturated carbocycles. The normalized spacial score (nSPS) is 23.6. The lowest BCUT2D eigenvalue weighted by Gasteiger charge is -2.25. The first kappa shape index (κ1) is 15.5. The molecular weight excluding hydrogens is 290 g/mol. The van der Waals surface area contributed by atoms with Crippen LogP contribution in [0.25, 0.3) is 11.6 Å². The third kappa shape index (κ3) is 2.77. The Kier molecular flexibility index (Phi) is 4.18. The predicted molar refractivity (Wildman–Crippen MR) is 104 cm³/mol. The van der Waals surface area contributed by atoms with Gasteiger partial charge in [-0.15, -0.1) is 0 Å². The quantitative estimate of drug-likeness (QED) is 0.604. The minimum absolute atomic E-state index is 0.719. The van der Waals surface area contributed by atoms with Gasteiger partial charge in [0.2, 0.25) is 0 Å².